The van der Waals surface area contributed by atoms with Crippen molar-refractivity contribution in [3.63, 3.8) is 0 Å². The summed E-state index contributed by atoms with van der Waals surface area (Å²) in [6.07, 6.45) is 2.73. The maximum absolute atomic E-state index is 3.51. The van der Waals surface area contributed by atoms with Gasteiger partial charge in [0, 0.05) is 19.1 Å². The normalized spacial score (nSPS) is 21.3. The van der Waals surface area contributed by atoms with Gasteiger partial charge >= 0.3 is 0 Å². The zero-order valence-corrected chi connectivity index (χ0v) is 11.8. The van der Waals surface area contributed by atoms with Gasteiger partial charge in [0.05, 0.1) is 0 Å². The van der Waals surface area contributed by atoms with Crippen LogP contribution in [-0.4, -0.2) is 30.6 Å². The summed E-state index contributed by atoms with van der Waals surface area (Å²) in [5.41, 5.74) is 1.47. The van der Waals surface area contributed by atoms with Gasteiger partial charge in [-0.15, -0.1) is 0 Å². The highest BCUT2D eigenvalue weighted by atomic mass is 32.1. The summed E-state index contributed by atoms with van der Waals surface area (Å²) in [7, 11) is 0. The molecular weight excluding hydrogens is 228 g/mol. The van der Waals surface area contributed by atoms with Crippen molar-refractivity contribution < 1.29 is 0 Å². The van der Waals surface area contributed by atoms with E-state index in [1.165, 1.54) is 38.0 Å². The van der Waals surface area contributed by atoms with Crippen molar-refractivity contribution in [2.45, 2.75) is 39.3 Å². The lowest BCUT2D eigenvalue weighted by Gasteiger charge is -2.32. The molecule has 0 amide bonds. The molecule has 1 unspecified atom stereocenters. The zero-order valence-electron chi connectivity index (χ0n) is 11.0. The second-order valence-electron chi connectivity index (χ2n) is 5.37. The smallest absolute Gasteiger partial charge is 0.0244 e. The monoisotopic (exact) mass is 252 g/mol. The van der Waals surface area contributed by atoms with Crippen molar-refractivity contribution in [2.75, 3.05) is 19.6 Å². The van der Waals surface area contributed by atoms with E-state index in [2.05, 4.69) is 40.9 Å². The molecule has 0 radical (unpaired) electrons. The summed E-state index contributed by atoms with van der Waals surface area (Å²) in [4.78, 5) is 2.61. The number of nitrogens with one attached hydrogen (secondary N) is 1. The summed E-state index contributed by atoms with van der Waals surface area (Å²) in [5, 5.41) is 7.96. The van der Waals surface area contributed by atoms with Crippen molar-refractivity contribution in [3.8, 4) is 0 Å². The van der Waals surface area contributed by atoms with E-state index in [0.717, 1.165) is 12.5 Å². The molecule has 3 heteroatoms. The summed E-state index contributed by atoms with van der Waals surface area (Å²) in [5.74, 6) is 0.838. The van der Waals surface area contributed by atoms with E-state index in [4.69, 9.17) is 0 Å². The van der Waals surface area contributed by atoms with Gasteiger partial charge in [-0.3, -0.25) is 4.90 Å². The van der Waals surface area contributed by atoms with E-state index in [0.29, 0.717) is 6.04 Å². The van der Waals surface area contributed by atoms with Gasteiger partial charge in [0.1, 0.15) is 0 Å². The Morgan fingerprint density at radius 2 is 2.41 bits per heavy atom. The third-order valence-corrected chi connectivity index (χ3v) is 4.32. The third-order valence-electron chi connectivity index (χ3n) is 3.59. The predicted molar refractivity (Wildman–Crippen MR) is 75.5 cm³/mol. The molecule has 1 aromatic heterocycles. The summed E-state index contributed by atoms with van der Waals surface area (Å²) in [6, 6.07) is 2.89. The van der Waals surface area contributed by atoms with Crippen molar-refractivity contribution >= 4 is 11.3 Å². The van der Waals surface area contributed by atoms with E-state index >= 15 is 0 Å². The molecule has 1 N–H and O–H groups in total. The second-order valence-corrected chi connectivity index (χ2v) is 6.15. The van der Waals surface area contributed by atoms with Crippen LogP contribution in [0.3, 0.4) is 0 Å². The lowest BCUT2D eigenvalue weighted by Crippen LogP contribution is -2.40. The fraction of sp³-hybridized carbons (Fsp3) is 0.714. The van der Waals surface area contributed by atoms with Gasteiger partial charge in [0.15, 0.2) is 0 Å². The molecule has 0 aromatic carbocycles. The van der Waals surface area contributed by atoms with Gasteiger partial charge in [-0.2, -0.15) is 11.3 Å². The molecule has 1 aliphatic heterocycles. The molecule has 96 valence electrons. The molecule has 17 heavy (non-hydrogen) atoms. The van der Waals surface area contributed by atoms with Crippen LogP contribution in [0.2, 0.25) is 0 Å². The van der Waals surface area contributed by atoms with Gasteiger partial charge in [0.25, 0.3) is 0 Å². The molecule has 0 spiro atoms. The third kappa shape index (κ3) is 4.09. The van der Waals surface area contributed by atoms with Crippen molar-refractivity contribution in [1.82, 2.24) is 10.2 Å². The number of nitrogens with zero attached hydrogens (tertiary/aromatic N) is 1. The number of thiophene rings is 1. The Labute approximate surface area is 109 Å². The van der Waals surface area contributed by atoms with Crippen LogP contribution in [0.15, 0.2) is 16.8 Å². The molecule has 0 aliphatic carbocycles. The highest BCUT2D eigenvalue weighted by Crippen LogP contribution is 2.17. The molecule has 1 saturated heterocycles. The Balaban J connectivity index is 1.87. The molecule has 0 bridgehead atoms. The van der Waals surface area contributed by atoms with Crippen molar-refractivity contribution in [2.24, 2.45) is 5.92 Å². The van der Waals surface area contributed by atoms with E-state index in [9.17, 15) is 0 Å². The zero-order chi connectivity index (χ0) is 12.1. The van der Waals surface area contributed by atoms with Crippen LogP contribution in [0.4, 0.5) is 0 Å². The Morgan fingerprint density at radius 3 is 3.00 bits per heavy atom. The number of hydrogen-bond donors (Lipinski definition) is 1. The van der Waals surface area contributed by atoms with Gasteiger partial charge in [-0.05, 0) is 68.1 Å². The fourth-order valence-corrected chi connectivity index (χ4v) is 3.15. The highest BCUT2D eigenvalue weighted by molar-refractivity contribution is 7.07. The minimum Gasteiger partial charge on any atom is -0.316 e. The summed E-state index contributed by atoms with van der Waals surface area (Å²) in [6.45, 7) is 9.37. The standard InChI is InChI=1S/C14H24N2S/c1-12(2)16(10-14-5-7-17-11-14)9-13-4-3-6-15-8-13/h5,7,11-13,15H,3-4,6,8-10H2,1-2H3. The van der Waals surface area contributed by atoms with E-state index in [1.54, 1.807) is 11.3 Å². The topological polar surface area (TPSA) is 15.3 Å². The van der Waals surface area contributed by atoms with Crippen molar-refractivity contribution in [1.29, 1.82) is 0 Å². The Kier molecular flexibility index (Phi) is 5.01. The molecule has 1 aromatic rings. The fourth-order valence-electron chi connectivity index (χ4n) is 2.49. The van der Waals surface area contributed by atoms with E-state index < -0.39 is 0 Å². The van der Waals surface area contributed by atoms with Gasteiger partial charge in [0.2, 0.25) is 0 Å². The minimum absolute atomic E-state index is 0.636. The summed E-state index contributed by atoms with van der Waals surface area (Å²) < 4.78 is 0. The number of rotatable bonds is 5. The first kappa shape index (κ1) is 13.1. The Bertz CT molecular complexity index is 302. The second kappa shape index (κ2) is 6.53. The Morgan fingerprint density at radius 1 is 1.53 bits per heavy atom. The van der Waals surface area contributed by atoms with Gasteiger partial charge in [-0.25, -0.2) is 0 Å². The summed E-state index contributed by atoms with van der Waals surface area (Å²) >= 11 is 1.80. The molecular formula is C14H24N2S. The molecule has 2 heterocycles. The minimum atomic E-state index is 0.636. The quantitative estimate of drug-likeness (QED) is 0.867. The molecule has 2 nitrogen and oxygen atoms in total. The lowest BCUT2D eigenvalue weighted by atomic mass is 9.98. The maximum Gasteiger partial charge on any atom is 0.0244 e. The average Bonchev–Trinajstić information content (AvgIpc) is 2.82. The van der Waals surface area contributed by atoms with Crippen LogP contribution in [0.1, 0.15) is 32.3 Å². The maximum atomic E-state index is 3.51. The molecule has 0 saturated carbocycles. The van der Waals surface area contributed by atoms with Crippen LogP contribution < -0.4 is 5.32 Å². The number of piperidine rings is 1. The first-order chi connectivity index (χ1) is 8.25. The van der Waals surface area contributed by atoms with Crippen LogP contribution in [0.5, 0.6) is 0 Å². The molecule has 1 atom stereocenters. The largest absolute Gasteiger partial charge is 0.316 e. The Hall–Kier alpha value is -0.380. The van der Waals surface area contributed by atoms with E-state index in [1.807, 2.05) is 0 Å². The highest BCUT2D eigenvalue weighted by Gasteiger charge is 2.18. The van der Waals surface area contributed by atoms with E-state index in [-0.39, 0.29) is 0 Å². The number of hydrogen-bond acceptors (Lipinski definition) is 3. The first-order valence-corrected chi connectivity index (χ1v) is 7.66. The van der Waals surface area contributed by atoms with Crippen LogP contribution >= 0.6 is 11.3 Å². The average molecular weight is 252 g/mol. The van der Waals surface area contributed by atoms with Gasteiger partial charge < -0.3 is 5.32 Å². The SMILES string of the molecule is CC(C)N(Cc1ccsc1)CC1CCCNC1. The van der Waals surface area contributed by atoms with Crippen LogP contribution in [0, 0.1) is 5.92 Å². The predicted octanol–water partition coefficient (Wildman–Crippen LogP) is 2.96. The first-order valence-electron chi connectivity index (χ1n) is 6.71. The molecule has 1 aliphatic rings. The van der Waals surface area contributed by atoms with Gasteiger partial charge in [-0.1, -0.05) is 0 Å². The van der Waals surface area contributed by atoms with Crippen LogP contribution in [-0.2, 0) is 6.54 Å². The van der Waals surface area contributed by atoms with Crippen molar-refractivity contribution in [3.05, 3.63) is 22.4 Å². The molecule has 1 fully saturated rings. The molecule has 2 rings (SSSR count). The van der Waals surface area contributed by atoms with Crippen LogP contribution in [0.25, 0.3) is 0 Å². The lowest BCUT2D eigenvalue weighted by molar-refractivity contribution is 0.164.